The lowest BCUT2D eigenvalue weighted by Crippen LogP contribution is -2.31. The van der Waals surface area contributed by atoms with Gasteiger partial charge in [-0.15, -0.1) is 0 Å². The first-order valence-corrected chi connectivity index (χ1v) is 5.71. The lowest BCUT2D eigenvalue weighted by atomic mass is 10.2. The van der Waals surface area contributed by atoms with Gasteiger partial charge in [0.1, 0.15) is 5.56 Å². The molecule has 100 valence electrons. The predicted octanol–water partition coefficient (Wildman–Crippen LogP) is 0.647. The average molecular weight is 262 g/mol. The van der Waals surface area contributed by atoms with Gasteiger partial charge in [-0.3, -0.25) is 9.59 Å². The van der Waals surface area contributed by atoms with Crippen molar-refractivity contribution in [3.05, 3.63) is 45.5 Å². The Morgan fingerprint density at radius 2 is 2.16 bits per heavy atom. The van der Waals surface area contributed by atoms with Gasteiger partial charge >= 0.3 is 0 Å². The zero-order valence-corrected chi connectivity index (χ0v) is 10.9. The van der Waals surface area contributed by atoms with E-state index in [1.165, 1.54) is 11.1 Å². The van der Waals surface area contributed by atoms with Crippen LogP contribution in [0.3, 0.4) is 0 Å². The minimum absolute atomic E-state index is 0.0997. The predicted molar refractivity (Wildman–Crippen MR) is 66.6 cm³/mol. The number of nitrogens with zero attached hydrogens (tertiary/aromatic N) is 3. The fourth-order valence-electron chi connectivity index (χ4n) is 1.65. The fraction of sp³-hybridized carbons (Fsp3) is 0.333. The molecule has 7 nitrogen and oxygen atoms in total. The molecule has 0 aromatic carbocycles. The number of amides is 1. The number of nitrogens with one attached hydrogen (secondary N) is 1. The molecule has 0 aliphatic rings. The zero-order valence-electron chi connectivity index (χ0n) is 10.9. The maximum atomic E-state index is 12.1. The third-order valence-corrected chi connectivity index (χ3v) is 2.66. The maximum absolute atomic E-state index is 12.1. The van der Waals surface area contributed by atoms with Crippen molar-refractivity contribution in [3.8, 4) is 0 Å². The first-order valence-electron chi connectivity index (χ1n) is 5.71. The summed E-state index contributed by atoms with van der Waals surface area (Å²) in [5.41, 5.74) is 0.317. The number of hydrogen-bond acceptors (Lipinski definition) is 5. The van der Waals surface area contributed by atoms with Gasteiger partial charge in [0.15, 0.2) is 11.3 Å². The Morgan fingerprint density at radius 3 is 2.79 bits per heavy atom. The van der Waals surface area contributed by atoms with Crippen LogP contribution < -0.4 is 5.43 Å². The molecule has 0 atom stereocenters. The Bertz CT molecular complexity index is 659. The van der Waals surface area contributed by atoms with E-state index in [4.69, 9.17) is 4.52 Å². The van der Waals surface area contributed by atoms with Crippen molar-refractivity contribution in [1.82, 2.24) is 20.0 Å². The minimum atomic E-state index is -0.382. The normalized spacial score (nSPS) is 10.5. The Morgan fingerprint density at radius 1 is 1.42 bits per heavy atom. The molecule has 0 unspecified atom stereocenters. The lowest BCUT2D eigenvalue weighted by Gasteiger charge is -2.14. The van der Waals surface area contributed by atoms with Crippen LogP contribution in [-0.2, 0) is 6.54 Å². The molecular formula is C12H14N4O3. The first-order chi connectivity index (χ1) is 8.99. The molecule has 0 aliphatic heterocycles. The number of carbonyl (C=O) groups excluding carboxylic acids is 1. The molecular weight excluding hydrogens is 248 g/mol. The van der Waals surface area contributed by atoms with E-state index in [9.17, 15) is 9.59 Å². The van der Waals surface area contributed by atoms with Gasteiger partial charge in [0.2, 0.25) is 5.89 Å². The summed E-state index contributed by atoms with van der Waals surface area (Å²) in [5.74, 6) is 0.453. The number of aromatic amines is 1. The van der Waals surface area contributed by atoms with E-state index in [2.05, 4.69) is 15.1 Å². The monoisotopic (exact) mass is 262 g/mol. The summed E-state index contributed by atoms with van der Waals surface area (Å²) >= 11 is 0. The second-order valence-corrected chi connectivity index (χ2v) is 4.27. The topological polar surface area (TPSA) is 92.1 Å². The molecule has 1 N–H and O–H groups in total. The van der Waals surface area contributed by atoms with Gasteiger partial charge in [-0.2, -0.15) is 4.98 Å². The Labute approximate surface area is 109 Å². The molecule has 0 fully saturated rings. The van der Waals surface area contributed by atoms with E-state index in [0.717, 1.165) is 0 Å². The van der Waals surface area contributed by atoms with Crippen molar-refractivity contribution in [2.24, 2.45) is 0 Å². The second kappa shape index (κ2) is 5.05. The van der Waals surface area contributed by atoms with Crippen LogP contribution in [0.1, 0.15) is 27.6 Å². The molecule has 2 heterocycles. The van der Waals surface area contributed by atoms with E-state index < -0.39 is 0 Å². The fourth-order valence-corrected chi connectivity index (χ4v) is 1.65. The highest BCUT2D eigenvalue weighted by Gasteiger charge is 2.18. The molecule has 0 aliphatic carbocycles. The van der Waals surface area contributed by atoms with Crippen LogP contribution in [0.2, 0.25) is 0 Å². The number of aryl methyl sites for hydroxylation is 2. The summed E-state index contributed by atoms with van der Waals surface area (Å²) in [7, 11) is 1.58. The summed E-state index contributed by atoms with van der Waals surface area (Å²) in [6.07, 6.45) is 2.96. The molecule has 0 radical (unpaired) electrons. The molecule has 2 aromatic rings. The van der Waals surface area contributed by atoms with Crippen LogP contribution >= 0.6 is 0 Å². The van der Waals surface area contributed by atoms with Gasteiger partial charge in [-0.1, -0.05) is 5.16 Å². The van der Waals surface area contributed by atoms with Crippen LogP contribution in [0.15, 0.2) is 21.7 Å². The summed E-state index contributed by atoms with van der Waals surface area (Å²) in [6.45, 7) is 3.51. The minimum Gasteiger partial charge on any atom is -0.366 e. The lowest BCUT2D eigenvalue weighted by molar-refractivity contribution is 0.0779. The zero-order chi connectivity index (χ0) is 14.0. The van der Waals surface area contributed by atoms with E-state index in [1.807, 2.05) is 0 Å². The van der Waals surface area contributed by atoms with Crippen molar-refractivity contribution < 1.29 is 9.32 Å². The third kappa shape index (κ3) is 2.70. The average Bonchev–Trinajstić information content (AvgIpc) is 2.77. The largest absolute Gasteiger partial charge is 0.366 e. The molecule has 0 saturated heterocycles. The number of hydrogen-bond donors (Lipinski definition) is 1. The summed E-state index contributed by atoms with van der Waals surface area (Å²) in [6, 6.07) is 0. The van der Waals surface area contributed by atoms with Gasteiger partial charge in [0.05, 0.1) is 6.54 Å². The van der Waals surface area contributed by atoms with E-state index in [-0.39, 0.29) is 23.4 Å². The van der Waals surface area contributed by atoms with Gasteiger partial charge in [-0.05, 0) is 6.92 Å². The molecule has 19 heavy (non-hydrogen) atoms. The van der Waals surface area contributed by atoms with Crippen LogP contribution in [-0.4, -0.2) is 33.0 Å². The van der Waals surface area contributed by atoms with E-state index in [0.29, 0.717) is 17.3 Å². The highest BCUT2D eigenvalue weighted by molar-refractivity contribution is 5.93. The molecule has 0 spiro atoms. The number of rotatable bonds is 3. The Balaban J connectivity index is 2.19. The van der Waals surface area contributed by atoms with E-state index >= 15 is 0 Å². The number of H-pyrrole nitrogens is 1. The smallest absolute Gasteiger partial charge is 0.259 e. The van der Waals surface area contributed by atoms with Gasteiger partial charge in [-0.25, -0.2) is 0 Å². The number of aromatic nitrogens is 3. The molecule has 0 bridgehead atoms. The maximum Gasteiger partial charge on any atom is 0.259 e. The molecule has 1 amide bonds. The standard InChI is InChI=1S/C12H14N4O3/c1-7-4-13-5-9(11(7)17)12(18)16(3)6-10-14-8(2)19-15-10/h4-5H,6H2,1-3H3,(H,13,17). The second-order valence-electron chi connectivity index (χ2n) is 4.27. The number of pyridine rings is 1. The van der Waals surface area contributed by atoms with Gasteiger partial charge in [0, 0.05) is 31.9 Å². The molecule has 2 rings (SSSR count). The van der Waals surface area contributed by atoms with Crippen LogP contribution in [0.25, 0.3) is 0 Å². The van der Waals surface area contributed by atoms with E-state index in [1.54, 1.807) is 27.1 Å². The van der Waals surface area contributed by atoms with Crippen LogP contribution in [0.4, 0.5) is 0 Å². The highest BCUT2D eigenvalue weighted by atomic mass is 16.5. The van der Waals surface area contributed by atoms with Gasteiger partial charge in [0.25, 0.3) is 5.91 Å². The van der Waals surface area contributed by atoms with Crippen LogP contribution in [0.5, 0.6) is 0 Å². The first kappa shape index (κ1) is 13.0. The highest BCUT2D eigenvalue weighted by Crippen LogP contribution is 2.03. The molecule has 2 aromatic heterocycles. The third-order valence-electron chi connectivity index (χ3n) is 2.66. The SMILES string of the molecule is Cc1nc(CN(C)C(=O)c2c[nH]cc(C)c2=O)no1. The van der Waals surface area contributed by atoms with Crippen LogP contribution in [0, 0.1) is 13.8 Å². The van der Waals surface area contributed by atoms with Crippen molar-refractivity contribution in [1.29, 1.82) is 0 Å². The Hall–Kier alpha value is -2.44. The Kier molecular flexibility index (Phi) is 3.46. The van der Waals surface area contributed by atoms with Crippen molar-refractivity contribution >= 4 is 5.91 Å². The quantitative estimate of drug-likeness (QED) is 0.876. The summed E-state index contributed by atoms with van der Waals surface area (Å²) in [5, 5.41) is 3.71. The summed E-state index contributed by atoms with van der Waals surface area (Å²) in [4.78, 5) is 32.2. The van der Waals surface area contributed by atoms with Gasteiger partial charge < -0.3 is 14.4 Å². The number of carbonyl (C=O) groups is 1. The molecule has 0 saturated carbocycles. The van der Waals surface area contributed by atoms with Crippen molar-refractivity contribution in [2.45, 2.75) is 20.4 Å². The van der Waals surface area contributed by atoms with Crippen molar-refractivity contribution in [3.63, 3.8) is 0 Å². The molecule has 7 heteroatoms. The summed E-state index contributed by atoms with van der Waals surface area (Å²) < 4.78 is 4.83. The van der Waals surface area contributed by atoms with Crippen molar-refractivity contribution in [2.75, 3.05) is 7.05 Å².